The quantitative estimate of drug-likeness (QED) is 0.677. The van der Waals surface area contributed by atoms with Crippen LogP contribution in [-0.4, -0.2) is 34.2 Å². The Labute approximate surface area is 180 Å². The molecule has 164 valence electrons. The number of anilines is 1. The lowest BCUT2D eigenvalue weighted by molar-refractivity contribution is 0.288. The van der Waals surface area contributed by atoms with Gasteiger partial charge in [-0.15, -0.1) is 0 Å². The van der Waals surface area contributed by atoms with Crippen LogP contribution in [-0.2, 0) is 20.0 Å². The van der Waals surface area contributed by atoms with Gasteiger partial charge in [-0.1, -0.05) is 32.9 Å². The van der Waals surface area contributed by atoms with Crippen molar-refractivity contribution in [2.75, 3.05) is 17.8 Å². The summed E-state index contributed by atoms with van der Waals surface area (Å²) in [4.78, 5) is 0.353. The minimum atomic E-state index is -3.75. The second-order valence-corrected chi connectivity index (χ2v) is 11.7. The summed E-state index contributed by atoms with van der Waals surface area (Å²) in [5, 5.41) is 0. The summed E-state index contributed by atoms with van der Waals surface area (Å²) in [5.41, 5.74) is 1.42. The zero-order valence-corrected chi connectivity index (χ0v) is 19.3. The van der Waals surface area contributed by atoms with E-state index in [0.29, 0.717) is 30.6 Å². The first kappa shape index (κ1) is 22.8. The second kappa shape index (κ2) is 9.08. The lowest BCUT2D eigenvalue weighted by Crippen LogP contribution is -2.37. The maximum atomic E-state index is 12.8. The largest absolute Gasteiger partial charge is 0.280 e. The van der Waals surface area contributed by atoms with Crippen LogP contribution >= 0.6 is 0 Å². The summed E-state index contributed by atoms with van der Waals surface area (Å²) < 4.78 is 55.0. The molecule has 30 heavy (non-hydrogen) atoms. The van der Waals surface area contributed by atoms with Crippen molar-refractivity contribution < 1.29 is 16.8 Å². The lowest BCUT2D eigenvalue weighted by atomic mass is 9.99. The molecule has 2 aromatic carbocycles. The van der Waals surface area contributed by atoms with E-state index in [0.717, 1.165) is 24.8 Å². The number of nitrogens with one attached hydrogen (secondary N) is 1. The van der Waals surface area contributed by atoms with Crippen LogP contribution < -0.4 is 4.72 Å². The molecule has 3 rings (SSSR count). The monoisotopic (exact) mass is 450 g/mol. The van der Waals surface area contributed by atoms with E-state index >= 15 is 0 Å². The smallest absolute Gasteiger partial charge is 0.261 e. The summed E-state index contributed by atoms with van der Waals surface area (Å²) in [7, 11) is -7.30. The molecule has 8 heteroatoms. The molecule has 0 spiro atoms. The Hall–Kier alpha value is -1.90. The highest BCUT2D eigenvalue weighted by Gasteiger charge is 2.28. The van der Waals surface area contributed by atoms with Gasteiger partial charge in [0.25, 0.3) is 10.0 Å². The number of hydrogen-bond donors (Lipinski definition) is 1. The first-order valence-corrected chi connectivity index (χ1v) is 13.3. The van der Waals surface area contributed by atoms with Crippen LogP contribution in [0.4, 0.5) is 5.69 Å². The molecule has 0 bridgehead atoms. The van der Waals surface area contributed by atoms with E-state index in [2.05, 4.69) is 25.5 Å². The van der Waals surface area contributed by atoms with Gasteiger partial charge in [0.05, 0.1) is 9.79 Å². The molecule has 0 radical (unpaired) electrons. The number of benzene rings is 2. The molecule has 1 N–H and O–H groups in total. The van der Waals surface area contributed by atoms with Crippen LogP contribution in [0.3, 0.4) is 0 Å². The third kappa shape index (κ3) is 5.04. The number of hydrogen-bond acceptors (Lipinski definition) is 4. The molecule has 0 saturated carbocycles. The number of nitrogens with zero attached hydrogens (tertiary/aromatic N) is 1. The van der Waals surface area contributed by atoms with Gasteiger partial charge in [-0.05, 0) is 73.1 Å². The first-order chi connectivity index (χ1) is 14.1. The minimum Gasteiger partial charge on any atom is -0.280 e. The zero-order valence-electron chi connectivity index (χ0n) is 17.7. The van der Waals surface area contributed by atoms with Crippen LogP contribution in [0.5, 0.6) is 0 Å². The topological polar surface area (TPSA) is 83.5 Å². The van der Waals surface area contributed by atoms with Gasteiger partial charge in [-0.2, -0.15) is 4.31 Å². The van der Waals surface area contributed by atoms with Gasteiger partial charge in [0, 0.05) is 18.8 Å². The maximum Gasteiger partial charge on any atom is 0.261 e. The number of rotatable bonds is 7. The Kier molecular flexibility index (Phi) is 6.89. The summed E-state index contributed by atoms with van der Waals surface area (Å²) in [6, 6.07) is 12.7. The Morgan fingerprint density at radius 3 is 2.00 bits per heavy atom. The molecular weight excluding hydrogens is 420 g/mol. The molecule has 6 nitrogen and oxygen atoms in total. The summed E-state index contributed by atoms with van der Waals surface area (Å²) in [5.74, 6) is 0.903. The molecule has 1 atom stereocenters. The third-order valence-electron chi connectivity index (χ3n) is 5.86. The SMILES string of the molecule is CCC(C)c1ccc(S(=O)(=O)Nc2ccc(S(=O)(=O)N3CCC(C)CC3)cc2)cc1. The fourth-order valence-electron chi connectivity index (χ4n) is 3.49. The van der Waals surface area contributed by atoms with Crippen molar-refractivity contribution in [1.82, 2.24) is 4.31 Å². The van der Waals surface area contributed by atoms with Gasteiger partial charge in [0.2, 0.25) is 10.0 Å². The zero-order chi connectivity index (χ0) is 21.9. The Balaban J connectivity index is 1.73. The minimum absolute atomic E-state index is 0.175. The Morgan fingerprint density at radius 1 is 0.933 bits per heavy atom. The molecule has 2 aromatic rings. The average molecular weight is 451 g/mol. The number of sulfonamides is 2. The van der Waals surface area contributed by atoms with E-state index in [1.165, 1.54) is 28.6 Å². The number of piperidine rings is 1. The highest BCUT2D eigenvalue weighted by Crippen LogP contribution is 2.26. The van der Waals surface area contributed by atoms with E-state index in [4.69, 9.17) is 0 Å². The van der Waals surface area contributed by atoms with E-state index in [1.54, 1.807) is 12.1 Å². The van der Waals surface area contributed by atoms with Gasteiger partial charge >= 0.3 is 0 Å². The van der Waals surface area contributed by atoms with Crippen LogP contribution in [0, 0.1) is 5.92 Å². The van der Waals surface area contributed by atoms with Gasteiger partial charge in [0.1, 0.15) is 0 Å². The van der Waals surface area contributed by atoms with Gasteiger partial charge < -0.3 is 0 Å². The molecule has 1 heterocycles. The molecule has 1 saturated heterocycles. The molecule has 0 aliphatic carbocycles. The van der Waals surface area contributed by atoms with Crippen LogP contribution in [0.25, 0.3) is 0 Å². The highest BCUT2D eigenvalue weighted by atomic mass is 32.2. The fourth-order valence-corrected chi connectivity index (χ4v) is 6.02. The predicted octanol–water partition coefficient (Wildman–Crippen LogP) is 4.42. The van der Waals surface area contributed by atoms with E-state index in [1.807, 2.05) is 12.1 Å². The molecule has 1 aliphatic heterocycles. The molecule has 1 unspecified atom stereocenters. The van der Waals surface area contributed by atoms with Gasteiger partial charge in [-0.25, -0.2) is 16.8 Å². The van der Waals surface area contributed by atoms with Gasteiger partial charge in [-0.3, -0.25) is 4.72 Å². The van der Waals surface area contributed by atoms with E-state index in [9.17, 15) is 16.8 Å². The van der Waals surface area contributed by atoms with Crippen LogP contribution in [0.2, 0.25) is 0 Å². The van der Waals surface area contributed by atoms with Crippen molar-refractivity contribution in [3.63, 3.8) is 0 Å². The predicted molar refractivity (Wildman–Crippen MR) is 120 cm³/mol. The second-order valence-electron chi connectivity index (χ2n) is 8.09. The van der Waals surface area contributed by atoms with E-state index in [-0.39, 0.29) is 9.79 Å². The van der Waals surface area contributed by atoms with Crippen molar-refractivity contribution in [2.24, 2.45) is 5.92 Å². The average Bonchev–Trinajstić information content (AvgIpc) is 2.73. The third-order valence-corrected chi connectivity index (χ3v) is 9.17. The summed E-state index contributed by atoms with van der Waals surface area (Å²) >= 11 is 0. The Bertz CT molecular complexity index is 1060. The van der Waals surface area contributed by atoms with Crippen molar-refractivity contribution in [3.8, 4) is 0 Å². The van der Waals surface area contributed by atoms with Crippen molar-refractivity contribution in [2.45, 2.75) is 55.7 Å². The normalized spacial score (nSPS) is 17.6. The van der Waals surface area contributed by atoms with Gasteiger partial charge in [0.15, 0.2) is 0 Å². The molecule has 1 fully saturated rings. The van der Waals surface area contributed by atoms with Crippen molar-refractivity contribution >= 4 is 25.7 Å². The van der Waals surface area contributed by atoms with E-state index < -0.39 is 20.0 Å². The first-order valence-electron chi connectivity index (χ1n) is 10.4. The molecule has 0 aromatic heterocycles. The highest BCUT2D eigenvalue weighted by molar-refractivity contribution is 7.92. The van der Waals surface area contributed by atoms with Crippen LogP contribution in [0.15, 0.2) is 58.3 Å². The molecular formula is C22H30N2O4S2. The summed E-state index contributed by atoms with van der Waals surface area (Å²) in [6.07, 6.45) is 2.69. The summed E-state index contributed by atoms with van der Waals surface area (Å²) in [6.45, 7) is 7.35. The standard InChI is InChI=1S/C22H30N2O4S2/c1-4-18(3)19-5-9-21(10-6-19)29(25,26)23-20-7-11-22(12-8-20)30(27,28)24-15-13-17(2)14-16-24/h5-12,17-18,23H,4,13-16H2,1-3H3. The lowest BCUT2D eigenvalue weighted by Gasteiger charge is -2.29. The van der Waals surface area contributed by atoms with Crippen LogP contribution in [0.1, 0.15) is 51.5 Å². The Morgan fingerprint density at radius 2 is 1.47 bits per heavy atom. The fraction of sp³-hybridized carbons (Fsp3) is 0.455. The molecule has 0 amide bonds. The van der Waals surface area contributed by atoms with Crippen molar-refractivity contribution in [3.05, 3.63) is 54.1 Å². The van der Waals surface area contributed by atoms with Crippen molar-refractivity contribution in [1.29, 1.82) is 0 Å². The molecule has 1 aliphatic rings. The maximum absolute atomic E-state index is 12.8.